The molecule has 0 radical (unpaired) electrons. The minimum atomic E-state index is -2.99. The molecule has 8 nitrogen and oxygen atoms in total. The Hall–Kier alpha value is -3.17. The predicted molar refractivity (Wildman–Crippen MR) is 96.1 cm³/mol. The molecule has 0 spiro atoms. The molecule has 1 aromatic rings. The van der Waals surface area contributed by atoms with Crippen molar-refractivity contribution in [1.29, 1.82) is 0 Å². The van der Waals surface area contributed by atoms with Crippen LogP contribution in [0.3, 0.4) is 0 Å². The fraction of sp³-hybridized carbons (Fsp3) is 0.389. The first-order valence-electron chi connectivity index (χ1n) is 8.49. The molecule has 0 heterocycles. The Morgan fingerprint density at radius 3 is 2.57 bits per heavy atom. The van der Waals surface area contributed by atoms with Crippen LogP contribution >= 0.6 is 0 Å². The number of rotatable bonds is 10. The monoisotopic (exact) mass is 400 g/mol. The lowest BCUT2D eigenvalue weighted by atomic mass is 10.2. The largest absolute Gasteiger partial charge is 0.490 e. The number of ether oxygens (including phenoxy) is 3. The molecule has 10 heteroatoms. The van der Waals surface area contributed by atoms with Gasteiger partial charge in [0.15, 0.2) is 18.1 Å². The van der Waals surface area contributed by atoms with E-state index >= 15 is 0 Å². The van der Waals surface area contributed by atoms with Crippen LogP contribution < -0.4 is 20.1 Å². The summed E-state index contributed by atoms with van der Waals surface area (Å²) in [5, 5.41) is 4.44. The van der Waals surface area contributed by atoms with Gasteiger partial charge in [0.2, 0.25) is 0 Å². The Morgan fingerprint density at radius 2 is 1.93 bits per heavy atom. The number of hydrogen-bond acceptors (Lipinski definition) is 6. The standard InChI is InChI=1S/C18H22F2N2O6/c1-3-9-21-18(25)22-15(23)11-27-16(24)8-6-12-5-7-13(28-17(19)20)14(10-12)26-4-2/h5-8,10,17H,3-4,9,11H2,1-2H3,(H2,21,22,23,25)/b8-6+. The number of nitrogens with one attached hydrogen (secondary N) is 2. The van der Waals surface area contributed by atoms with E-state index in [1.165, 1.54) is 24.3 Å². The van der Waals surface area contributed by atoms with Gasteiger partial charge < -0.3 is 19.5 Å². The number of hydrogen-bond donors (Lipinski definition) is 2. The Balaban J connectivity index is 2.58. The van der Waals surface area contributed by atoms with Gasteiger partial charge in [0.05, 0.1) is 6.61 Å². The van der Waals surface area contributed by atoms with Crippen molar-refractivity contribution < 1.29 is 37.4 Å². The Morgan fingerprint density at radius 1 is 1.18 bits per heavy atom. The van der Waals surface area contributed by atoms with Crippen LogP contribution in [0.2, 0.25) is 0 Å². The topological polar surface area (TPSA) is 103 Å². The highest BCUT2D eigenvalue weighted by molar-refractivity contribution is 5.96. The maximum atomic E-state index is 12.4. The first-order valence-corrected chi connectivity index (χ1v) is 8.49. The highest BCUT2D eigenvalue weighted by Crippen LogP contribution is 2.30. The third kappa shape index (κ3) is 8.97. The van der Waals surface area contributed by atoms with Gasteiger partial charge in [-0.15, -0.1) is 0 Å². The molecule has 0 atom stereocenters. The van der Waals surface area contributed by atoms with Crippen LogP contribution in [0.4, 0.5) is 13.6 Å². The molecular formula is C18H22F2N2O6. The van der Waals surface area contributed by atoms with Crippen LogP contribution in [0.1, 0.15) is 25.8 Å². The zero-order valence-electron chi connectivity index (χ0n) is 15.5. The van der Waals surface area contributed by atoms with Crippen molar-refractivity contribution in [1.82, 2.24) is 10.6 Å². The number of carbonyl (C=O) groups excluding carboxylic acids is 3. The summed E-state index contributed by atoms with van der Waals surface area (Å²) in [5.41, 5.74) is 0.463. The lowest BCUT2D eigenvalue weighted by Gasteiger charge is -2.11. The summed E-state index contributed by atoms with van der Waals surface area (Å²) in [5.74, 6) is -1.64. The third-order valence-electron chi connectivity index (χ3n) is 3.03. The molecule has 0 unspecified atom stereocenters. The Bertz CT molecular complexity index is 709. The van der Waals surface area contributed by atoms with Crippen molar-refractivity contribution >= 4 is 24.0 Å². The van der Waals surface area contributed by atoms with Crippen molar-refractivity contribution in [2.75, 3.05) is 19.8 Å². The summed E-state index contributed by atoms with van der Waals surface area (Å²) in [6, 6.07) is 3.46. The second-order valence-corrected chi connectivity index (χ2v) is 5.26. The molecule has 2 N–H and O–H groups in total. The second-order valence-electron chi connectivity index (χ2n) is 5.26. The van der Waals surface area contributed by atoms with Gasteiger partial charge in [-0.05, 0) is 37.1 Å². The lowest BCUT2D eigenvalue weighted by molar-refractivity contribution is -0.143. The number of urea groups is 1. The average Bonchev–Trinajstić information content (AvgIpc) is 2.64. The molecule has 0 bridgehead atoms. The van der Waals surface area contributed by atoms with Crippen LogP contribution in [-0.4, -0.2) is 44.3 Å². The molecule has 0 aromatic heterocycles. The molecule has 0 saturated carbocycles. The first-order chi connectivity index (χ1) is 13.3. The Labute approximate surface area is 160 Å². The molecule has 1 rings (SSSR count). The van der Waals surface area contributed by atoms with E-state index in [9.17, 15) is 23.2 Å². The fourth-order valence-electron chi connectivity index (χ4n) is 1.88. The zero-order chi connectivity index (χ0) is 20.9. The van der Waals surface area contributed by atoms with E-state index in [-0.39, 0.29) is 18.1 Å². The molecule has 154 valence electrons. The summed E-state index contributed by atoms with van der Waals surface area (Å²) >= 11 is 0. The van der Waals surface area contributed by atoms with Gasteiger partial charge in [0.25, 0.3) is 5.91 Å². The number of alkyl halides is 2. The van der Waals surface area contributed by atoms with E-state index in [1.807, 2.05) is 12.2 Å². The Kier molecular flexibility index (Phi) is 10.0. The van der Waals surface area contributed by atoms with Crippen molar-refractivity contribution in [3.05, 3.63) is 29.8 Å². The molecule has 0 aliphatic heterocycles. The molecule has 3 amide bonds. The van der Waals surface area contributed by atoms with Crippen LogP contribution in [0.5, 0.6) is 11.5 Å². The predicted octanol–water partition coefficient (Wildman–Crippen LogP) is 2.48. The normalized spacial score (nSPS) is 10.6. The third-order valence-corrected chi connectivity index (χ3v) is 3.03. The van der Waals surface area contributed by atoms with Gasteiger partial charge >= 0.3 is 18.6 Å². The maximum absolute atomic E-state index is 12.4. The van der Waals surface area contributed by atoms with E-state index in [4.69, 9.17) is 9.47 Å². The smallest absolute Gasteiger partial charge is 0.387 e. The van der Waals surface area contributed by atoms with E-state index in [2.05, 4.69) is 10.1 Å². The van der Waals surface area contributed by atoms with E-state index in [0.717, 1.165) is 6.08 Å². The quantitative estimate of drug-likeness (QED) is 0.462. The molecule has 28 heavy (non-hydrogen) atoms. The van der Waals surface area contributed by atoms with Crippen molar-refractivity contribution in [2.45, 2.75) is 26.9 Å². The van der Waals surface area contributed by atoms with Crippen molar-refractivity contribution in [3.63, 3.8) is 0 Å². The van der Waals surface area contributed by atoms with E-state index in [1.54, 1.807) is 6.92 Å². The van der Waals surface area contributed by atoms with Gasteiger partial charge in [-0.25, -0.2) is 9.59 Å². The summed E-state index contributed by atoms with van der Waals surface area (Å²) < 4.78 is 39.0. The summed E-state index contributed by atoms with van der Waals surface area (Å²) in [6.45, 7) is 0.550. The summed E-state index contributed by atoms with van der Waals surface area (Å²) in [6.07, 6.45) is 3.10. The van der Waals surface area contributed by atoms with Crippen molar-refractivity contribution in [2.24, 2.45) is 0 Å². The van der Waals surface area contributed by atoms with Gasteiger partial charge in [-0.3, -0.25) is 10.1 Å². The van der Waals surface area contributed by atoms with Crippen LogP contribution in [0.15, 0.2) is 24.3 Å². The number of esters is 1. The maximum Gasteiger partial charge on any atom is 0.387 e. The number of amides is 3. The second kappa shape index (κ2) is 12.3. The minimum Gasteiger partial charge on any atom is -0.490 e. The summed E-state index contributed by atoms with van der Waals surface area (Å²) in [4.78, 5) is 34.4. The van der Waals surface area contributed by atoms with Gasteiger partial charge in [0, 0.05) is 12.6 Å². The fourth-order valence-corrected chi connectivity index (χ4v) is 1.88. The van der Waals surface area contributed by atoms with Crippen LogP contribution in [0, 0.1) is 0 Å². The summed E-state index contributed by atoms with van der Waals surface area (Å²) in [7, 11) is 0. The van der Waals surface area contributed by atoms with E-state index < -0.39 is 31.1 Å². The molecular weight excluding hydrogens is 378 g/mol. The number of benzene rings is 1. The molecule has 0 fully saturated rings. The molecule has 1 aromatic carbocycles. The lowest BCUT2D eigenvalue weighted by Crippen LogP contribution is -2.41. The highest BCUT2D eigenvalue weighted by Gasteiger charge is 2.12. The molecule has 0 aliphatic rings. The van der Waals surface area contributed by atoms with Crippen molar-refractivity contribution in [3.8, 4) is 11.5 Å². The molecule has 0 saturated heterocycles. The van der Waals surface area contributed by atoms with Gasteiger partial charge in [-0.2, -0.15) is 8.78 Å². The number of imide groups is 1. The molecule has 0 aliphatic carbocycles. The average molecular weight is 400 g/mol. The van der Waals surface area contributed by atoms with Gasteiger partial charge in [0.1, 0.15) is 0 Å². The number of carbonyl (C=O) groups is 3. The van der Waals surface area contributed by atoms with E-state index in [0.29, 0.717) is 18.5 Å². The number of halogens is 2. The minimum absolute atomic E-state index is 0.0933. The van der Waals surface area contributed by atoms with Gasteiger partial charge in [-0.1, -0.05) is 13.0 Å². The SMILES string of the molecule is CCCNC(=O)NC(=O)COC(=O)/C=C/c1ccc(OC(F)F)c(OCC)c1. The highest BCUT2D eigenvalue weighted by atomic mass is 19.3. The first kappa shape index (κ1) is 22.9. The zero-order valence-corrected chi connectivity index (χ0v) is 15.5. The van der Waals surface area contributed by atoms with Crippen LogP contribution in [0.25, 0.3) is 6.08 Å². The van der Waals surface area contributed by atoms with Crippen LogP contribution in [-0.2, 0) is 14.3 Å².